The summed E-state index contributed by atoms with van der Waals surface area (Å²) in [5, 5.41) is 3.78. The molecule has 2 rings (SSSR count). The normalized spacial score (nSPS) is 10.1. The van der Waals surface area contributed by atoms with Gasteiger partial charge in [0.05, 0.1) is 7.11 Å². The third kappa shape index (κ3) is 3.07. The smallest absolute Gasteiger partial charge is 0.230 e. The van der Waals surface area contributed by atoms with Crippen LogP contribution in [-0.2, 0) is 0 Å². The Hall–Kier alpha value is -1.81. The van der Waals surface area contributed by atoms with Gasteiger partial charge in [-0.15, -0.1) is 0 Å². The Bertz CT molecular complexity index is 514. The zero-order valence-electron chi connectivity index (χ0n) is 9.57. The second-order valence-corrected chi connectivity index (χ2v) is 3.94. The van der Waals surface area contributed by atoms with Crippen LogP contribution in [-0.4, -0.2) is 17.1 Å². The van der Waals surface area contributed by atoms with E-state index in [4.69, 9.17) is 16.3 Å². The molecule has 0 atom stereocenters. The molecule has 0 saturated heterocycles. The summed E-state index contributed by atoms with van der Waals surface area (Å²) in [6.07, 6.45) is 0. The molecule has 0 amide bonds. The maximum absolute atomic E-state index is 5.81. The van der Waals surface area contributed by atoms with Gasteiger partial charge < -0.3 is 10.1 Å². The molecule has 0 aliphatic rings. The molecule has 5 heteroatoms. The predicted octanol–water partition coefficient (Wildman–Crippen LogP) is 3.19. The summed E-state index contributed by atoms with van der Waals surface area (Å²) in [5.74, 6) is 1.04. The fraction of sp³-hybridized carbons (Fsp3) is 0.167. The number of aryl methyl sites for hydroxylation is 1. The summed E-state index contributed by atoms with van der Waals surface area (Å²) in [4.78, 5) is 8.46. The molecule has 1 aromatic carbocycles. The third-order valence-corrected chi connectivity index (χ3v) is 2.39. The van der Waals surface area contributed by atoms with Gasteiger partial charge in [0, 0.05) is 22.5 Å². The monoisotopic (exact) mass is 249 g/mol. The van der Waals surface area contributed by atoms with E-state index in [0.29, 0.717) is 16.9 Å². The predicted molar refractivity (Wildman–Crippen MR) is 68.1 cm³/mol. The molecule has 88 valence electrons. The lowest BCUT2D eigenvalue weighted by Gasteiger charge is -2.07. The number of anilines is 2. The minimum atomic E-state index is 0.504. The molecular formula is C12H12ClN3O. The van der Waals surface area contributed by atoms with Crippen molar-refractivity contribution in [1.82, 2.24) is 9.97 Å². The number of hydrogen-bond donors (Lipinski definition) is 1. The largest absolute Gasteiger partial charge is 0.481 e. The molecule has 4 nitrogen and oxygen atoms in total. The molecule has 1 heterocycles. The van der Waals surface area contributed by atoms with Crippen LogP contribution in [0.25, 0.3) is 0 Å². The first-order valence-corrected chi connectivity index (χ1v) is 5.47. The van der Waals surface area contributed by atoms with Gasteiger partial charge in [0.2, 0.25) is 11.8 Å². The van der Waals surface area contributed by atoms with Crippen molar-refractivity contribution in [2.45, 2.75) is 6.92 Å². The van der Waals surface area contributed by atoms with Gasteiger partial charge in [-0.2, -0.15) is 4.98 Å². The quantitative estimate of drug-likeness (QED) is 0.908. The molecule has 0 radical (unpaired) electrons. The topological polar surface area (TPSA) is 47.0 Å². The SMILES string of the molecule is COc1cc(C)nc(Nc2ccc(Cl)cc2)n1. The molecule has 2 aromatic rings. The lowest BCUT2D eigenvalue weighted by atomic mass is 10.3. The van der Waals surface area contributed by atoms with Gasteiger partial charge in [-0.25, -0.2) is 4.98 Å². The van der Waals surface area contributed by atoms with E-state index in [9.17, 15) is 0 Å². The van der Waals surface area contributed by atoms with Crippen molar-refractivity contribution in [3.8, 4) is 5.88 Å². The van der Waals surface area contributed by atoms with Crippen LogP contribution in [0.3, 0.4) is 0 Å². The number of aromatic nitrogens is 2. The summed E-state index contributed by atoms with van der Waals surface area (Å²) in [5.41, 5.74) is 1.72. The molecule has 1 N–H and O–H groups in total. The van der Waals surface area contributed by atoms with Gasteiger partial charge >= 0.3 is 0 Å². The average molecular weight is 250 g/mol. The van der Waals surface area contributed by atoms with Crippen LogP contribution < -0.4 is 10.1 Å². The van der Waals surface area contributed by atoms with Crippen LogP contribution in [0.5, 0.6) is 5.88 Å². The second-order valence-electron chi connectivity index (χ2n) is 3.51. The highest BCUT2D eigenvalue weighted by Gasteiger charge is 2.02. The first-order valence-electron chi connectivity index (χ1n) is 5.09. The Kier molecular flexibility index (Phi) is 3.44. The lowest BCUT2D eigenvalue weighted by Crippen LogP contribution is -2.00. The van der Waals surface area contributed by atoms with E-state index in [1.807, 2.05) is 19.1 Å². The Morgan fingerprint density at radius 2 is 1.88 bits per heavy atom. The molecule has 0 aliphatic carbocycles. The summed E-state index contributed by atoms with van der Waals surface area (Å²) < 4.78 is 5.08. The Morgan fingerprint density at radius 3 is 2.53 bits per heavy atom. The highest BCUT2D eigenvalue weighted by molar-refractivity contribution is 6.30. The second kappa shape index (κ2) is 5.01. The summed E-state index contributed by atoms with van der Waals surface area (Å²) in [7, 11) is 1.58. The number of methoxy groups -OCH3 is 1. The first-order chi connectivity index (χ1) is 8.17. The highest BCUT2D eigenvalue weighted by Crippen LogP contribution is 2.18. The fourth-order valence-electron chi connectivity index (χ4n) is 1.36. The van der Waals surface area contributed by atoms with E-state index in [1.165, 1.54) is 0 Å². The minimum absolute atomic E-state index is 0.504. The first kappa shape index (κ1) is 11.7. The number of nitrogens with one attached hydrogen (secondary N) is 1. The molecule has 0 unspecified atom stereocenters. The summed E-state index contributed by atoms with van der Waals surface area (Å²) >= 11 is 5.81. The molecule has 0 bridgehead atoms. The van der Waals surface area contributed by atoms with Crippen LogP contribution in [0.15, 0.2) is 30.3 Å². The number of halogens is 1. The zero-order valence-corrected chi connectivity index (χ0v) is 10.3. The number of nitrogens with zero attached hydrogens (tertiary/aromatic N) is 2. The molecule has 0 aliphatic heterocycles. The average Bonchev–Trinajstić information content (AvgIpc) is 2.31. The van der Waals surface area contributed by atoms with Crippen LogP contribution in [0, 0.1) is 6.92 Å². The zero-order chi connectivity index (χ0) is 12.3. The van der Waals surface area contributed by atoms with Gasteiger partial charge in [-0.05, 0) is 31.2 Å². The van der Waals surface area contributed by atoms with Crippen LogP contribution in [0.2, 0.25) is 5.02 Å². The van der Waals surface area contributed by atoms with Crippen LogP contribution >= 0.6 is 11.6 Å². The molecule has 1 aromatic heterocycles. The number of hydrogen-bond acceptors (Lipinski definition) is 4. The molecule has 0 spiro atoms. The maximum Gasteiger partial charge on any atom is 0.230 e. The third-order valence-electron chi connectivity index (χ3n) is 2.14. The van der Waals surface area contributed by atoms with Crippen molar-refractivity contribution >= 4 is 23.2 Å². The molecule has 17 heavy (non-hydrogen) atoms. The Labute approximate surface area is 105 Å². The van der Waals surface area contributed by atoms with Crippen molar-refractivity contribution in [3.63, 3.8) is 0 Å². The van der Waals surface area contributed by atoms with Gasteiger partial charge in [-0.3, -0.25) is 0 Å². The van der Waals surface area contributed by atoms with E-state index < -0.39 is 0 Å². The fourth-order valence-corrected chi connectivity index (χ4v) is 1.49. The van der Waals surface area contributed by atoms with E-state index in [1.54, 1.807) is 25.3 Å². The van der Waals surface area contributed by atoms with Crippen molar-refractivity contribution in [2.75, 3.05) is 12.4 Å². The highest BCUT2D eigenvalue weighted by atomic mass is 35.5. The van der Waals surface area contributed by atoms with Gasteiger partial charge in [0.25, 0.3) is 0 Å². The molecule has 0 saturated carbocycles. The molecule has 0 fully saturated rings. The number of benzene rings is 1. The van der Waals surface area contributed by atoms with Crippen molar-refractivity contribution in [3.05, 3.63) is 41.0 Å². The van der Waals surface area contributed by atoms with Crippen molar-refractivity contribution < 1.29 is 4.74 Å². The number of rotatable bonds is 3. The van der Waals surface area contributed by atoms with E-state index in [2.05, 4.69) is 15.3 Å². The number of ether oxygens (including phenoxy) is 1. The van der Waals surface area contributed by atoms with Gasteiger partial charge in [0.15, 0.2) is 0 Å². The summed E-state index contributed by atoms with van der Waals surface area (Å²) in [6, 6.07) is 9.10. The van der Waals surface area contributed by atoms with Gasteiger partial charge in [0.1, 0.15) is 0 Å². The minimum Gasteiger partial charge on any atom is -0.481 e. The van der Waals surface area contributed by atoms with Gasteiger partial charge in [-0.1, -0.05) is 11.6 Å². The maximum atomic E-state index is 5.81. The Morgan fingerprint density at radius 1 is 1.18 bits per heavy atom. The van der Waals surface area contributed by atoms with Crippen molar-refractivity contribution in [2.24, 2.45) is 0 Å². The van der Waals surface area contributed by atoms with E-state index in [-0.39, 0.29) is 0 Å². The standard InChI is InChI=1S/C12H12ClN3O/c1-8-7-11(17-2)16-12(14-8)15-10-5-3-9(13)4-6-10/h3-7H,1-2H3,(H,14,15,16). The lowest BCUT2D eigenvalue weighted by molar-refractivity contribution is 0.397. The van der Waals surface area contributed by atoms with Crippen LogP contribution in [0.4, 0.5) is 11.6 Å². The Balaban J connectivity index is 2.23. The van der Waals surface area contributed by atoms with Crippen LogP contribution in [0.1, 0.15) is 5.69 Å². The molecular weight excluding hydrogens is 238 g/mol. The van der Waals surface area contributed by atoms with Crippen molar-refractivity contribution in [1.29, 1.82) is 0 Å². The van der Waals surface area contributed by atoms with E-state index in [0.717, 1.165) is 11.4 Å². The van der Waals surface area contributed by atoms with E-state index >= 15 is 0 Å². The summed E-state index contributed by atoms with van der Waals surface area (Å²) in [6.45, 7) is 1.89.